The Hall–Kier alpha value is -5.17. The molecule has 0 saturated heterocycles. The van der Waals surface area contributed by atoms with Crippen LogP contribution in [-0.4, -0.2) is 27.5 Å². The molecular formula is C31H25N5O2. The first-order valence-electron chi connectivity index (χ1n) is 12.1. The number of carbonyl (C=O) groups is 2. The minimum absolute atomic E-state index is 0.215. The minimum atomic E-state index is -0.321. The van der Waals surface area contributed by atoms with E-state index in [4.69, 9.17) is 4.98 Å². The van der Waals surface area contributed by atoms with Crippen LogP contribution in [0.2, 0.25) is 0 Å². The number of aromatic nitrogens is 2. The molecule has 0 fully saturated rings. The second kappa shape index (κ2) is 10.8. The fraction of sp³-hybridized carbons (Fsp3) is 0.0645. The van der Waals surface area contributed by atoms with Crippen molar-refractivity contribution in [2.75, 3.05) is 5.32 Å². The van der Waals surface area contributed by atoms with Gasteiger partial charge in [0.2, 0.25) is 0 Å². The van der Waals surface area contributed by atoms with Gasteiger partial charge in [-0.2, -0.15) is 5.10 Å². The molecule has 2 heterocycles. The van der Waals surface area contributed by atoms with E-state index in [0.717, 1.165) is 33.3 Å². The molecule has 0 saturated carbocycles. The van der Waals surface area contributed by atoms with Gasteiger partial charge in [-0.1, -0.05) is 54.1 Å². The SMILES string of the molecule is CC(=NNC(=O)c1cc(-c2cccc(C)c2)nc2ccccc12)c1ccc(NC(=O)c2ccncc2)cc1. The molecule has 0 radical (unpaired) electrons. The Kier molecular flexibility index (Phi) is 6.99. The van der Waals surface area contributed by atoms with Gasteiger partial charge < -0.3 is 5.32 Å². The molecule has 0 aliphatic heterocycles. The number of carbonyl (C=O) groups excluding carboxylic acids is 2. The predicted octanol–water partition coefficient (Wildman–Crippen LogP) is 6.01. The molecule has 3 aromatic carbocycles. The number of nitrogens with zero attached hydrogens (tertiary/aromatic N) is 3. The lowest BCUT2D eigenvalue weighted by Gasteiger charge is -2.10. The fourth-order valence-electron chi connectivity index (χ4n) is 4.08. The maximum atomic E-state index is 13.3. The first-order chi connectivity index (χ1) is 18.5. The van der Waals surface area contributed by atoms with E-state index in [1.807, 2.05) is 74.5 Å². The van der Waals surface area contributed by atoms with Crippen molar-refractivity contribution in [3.05, 3.63) is 126 Å². The van der Waals surface area contributed by atoms with Crippen LogP contribution < -0.4 is 10.7 Å². The van der Waals surface area contributed by atoms with Crippen LogP contribution in [0.3, 0.4) is 0 Å². The molecule has 38 heavy (non-hydrogen) atoms. The molecule has 5 aromatic rings. The van der Waals surface area contributed by atoms with E-state index >= 15 is 0 Å². The topological polar surface area (TPSA) is 96.3 Å². The third-order valence-electron chi connectivity index (χ3n) is 6.10. The molecule has 0 aliphatic rings. The van der Waals surface area contributed by atoms with Gasteiger partial charge in [-0.25, -0.2) is 10.4 Å². The summed E-state index contributed by atoms with van der Waals surface area (Å²) in [6, 6.07) is 28.0. The number of anilines is 1. The lowest BCUT2D eigenvalue weighted by atomic mass is 10.0. The Morgan fingerprint density at radius 2 is 1.55 bits per heavy atom. The van der Waals surface area contributed by atoms with E-state index in [1.54, 1.807) is 42.7 Å². The summed E-state index contributed by atoms with van der Waals surface area (Å²) in [5.41, 5.74) is 9.33. The van der Waals surface area contributed by atoms with Crippen LogP contribution in [0.25, 0.3) is 22.2 Å². The highest BCUT2D eigenvalue weighted by Gasteiger charge is 2.14. The molecule has 2 amide bonds. The molecule has 7 heteroatoms. The van der Waals surface area contributed by atoms with Gasteiger partial charge in [0.1, 0.15) is 0 Å². The molecule has 0 bridgehead atoms. The molecule has 186 valence electrons. The quantitative estimate of drug-likeness (QED) is 0.221. The summed E-state index contributed by atoms with van der Waals surface area (Å²) in [5, 5.41) is 7.94. The molecule has 5 rings (SSSR count). The van der Waals surface area contributed by atoms with Crippen molar-refractivity contribution in [2.45, 2.75) is 13.8 Å². The number of rotatable bonds is 6. The first kappa shape index (κ1) is 24.5. The lowest BCUT2D eigenvalue weighted by Crippen LogP contribution is -2.20. The Morgan fingerprint density at radius 1 is 0.789 bits per heavy atom. The zero-order chi connectivity index (χ0) is 26.5. The van der Waals surface area contributed by atoms with E-state index in [1.165, 1.54) is 0 Å². The number of aryl methyl sites for hydroxylation is 1. The summed E-state index contributed by atoms with van der Waals surface area (Å²) in [5.74, 6) is -0.537. The maximum Gasteiger partial charge on any atom is 0.272 e. The van der Waals surface area contributed by atoms with E-state index in [-0.39, 0.29) is 11.8 Å². The number of amides is 2. The number of fused-ring (bicyclic) bond motifs is 1. The molecule has 0 unspecified atom stereocenters. The summed E-state index contributed by atoms with van der Waals surface area (Å²) < 4.78 is 0. The van der Waals surface area contributed by atoms with Crippen LogP contribution >= 0.6 is 0 Å². The Morgan fingerprint density at radius 3 is 2.32 bits per heavy atom. The van der Waals surface area contributed by atoms with Gasteiger partial charge >= 0.3 is 0 Å². The molecule has 7 nitrogen and oxygen atoms in total. The molecule has 0 atom stereocenters. The summed E-state index contributed by atoms with van der Waals surface area (Å²) in [6.07, 6.45) is 3.15. The van der Waals surface area contributed by atoms with Crippen molar-refractivity contribution < 1.29 is 9.59 Å². The fourth-order valence-corrected chi connectivity index (χ4v) is 4.08. The van der Waals surface area contributed by atoms with E-state index < -0.39 is 0 Å². The zero-order valence-electron chi connectivity index (χ0n) is 21.0. The van der Waals surface area contributed by atoms with Gasteiger partial charge in [0.15, 0.2) is 0 Å². The highest BCUT2D eigenvalue weighted by Crippen LogP contribution is 2.25. The summed E-state index contributed by atoms with van der Waals surface area (Å²) in [7, 11) is 0. The highest BCUT2D eigenvalue weighted by molar-refractivity contribution is 6.08. The monoisotopic (exact) mass is 499 g/mol. The van der Waals surface area contributed by atoms with Crippen molar-refractivity contribution in [1.82, 2.24) is 15.4 Å². The van der Waals surface area contributed by atoms with E-state index in [0.29, 0.717) is 22.5 Å². The first-order valence-corrected chi connectivity index (χ1v) is 12.1. The van der Waals surface area contributed by atoms with Gasteiger partial charge in [0.25, 0.3) is 11.8 Å². The average molecular weight is 500 g/mol. The number of hydrogen-bond acceptors (Lipinski definition) is 5. The van der Waals surface area contributed by atoms with Crippen LogP contribution in [0, 0.1) is 6.92 Å². The second-order valence-electron chi connectivity index (χ2n) is 8.85. The van der Waals surface area contributed by atoms with Crippen LogP contribution in [0.5, 0.6) is 0 Å². The largest absolute Gasteiger partial charge is 0.322 e. The standard InChI is InChI=1S/C31H25N5O2/c1-20-6-5-7-24(18-20)29-19-27(26-8-3-4-9-28(26)34-29)31(38)36-35-21(2)22-10-12-25(13-11-22)33-30(37)23-14-16-32-17-15-23/h3-19H,1-2H3,(H,33,37)(H,36,38). The van der Waals surface area contributed by atoms with Gasteiger partial charge in [-0.3, -0.25) is 14.6 Å². The average Bonchev–Trinajstić information content (AvgIpc) is 2.96. The van der Waals surface area contributed by atoms with E-state index in [2.05, 4.69) is 20.8 Å². The molecule has 0 spiro atoms. The van der Waals surface area contributed by atoms with Crippen LogP contribution in [-0.2, 0) is 0 Å². The van der Waals surface area contributed by atoms with Crippen molar-refractivity contribution in [2.24, 2.45) is 5.10 Å². The third kappa shape index (κ3) is 5.47. The normalized spacial score (nSPS) is 11.3. The van der Waals surface area contributed by atoms with Crippen molar-refractivity contribution >= 4 is 34.1 Å². The number of nitrogens with one attached hydrogen (secondary N) is 2. The van der Waals surface area contributed by atoms with Crippen molar-refractivity contribution in [1.29, 1.82) is 0 Å². The Balaban J connectivity index is 1.34. The zero-order valence-corrected chi connectivity index (χ0v) is 21.0. The summed E-state index contributed by atoms with van der Waals surface area (Å²) >= 11 is 0. The van der Waals surface area contributed by atoms with Gasteiger partial charge in [0, 0.05) is 34.6 Å². The second-order valence-corrected chi connectivity index (χ2v) is 8.85. The Bertz CT molecular complexity index is 1660. The van der Waals surface area contributed by atoms with Gasteiger partial charge in [0.05, 0.1) is 22.5 Å². The highest BCUT2D eigenvalue weighted by atomic mass is 16.2. The lowest BCUT2D eigenvalue weighted by molar-refractivity contribution is 0.0955. The van der Waals surface area contributed by atoms with Crippen molar-refractivity contribution in [3.63, 3.8) is 0 Å². The molecule has 2 N–H and O–H groups in total. The number of hydrazone groups is 1. The summed E-state index contributed by atoms with van der Waals surface area (Å²) in [4.78, 5) is 34.3. The third-order valence-corrected chi connectivity index (χ3v) is 6.10. The maximum absolute atomic E-state index is 13.3. The Labute approximate surface area is 220 Å². The molecular weight excluding hydrogens is 474 g/mol. The number of pyridine rings is 2. The molecule has 2 aromatic heterocycles. The number of hydrogen-bond donors (Lipinski definition) is 2. The minimum Gasteiger partial charge on any atom is -0.322 e. The van der Waals surface area contributed by atoms with Crippen molar-refractivity contribution in [3.8, 4) is 11.3 Å². The van der Waals surface area contributed by atoms with Crippen LogP contribution in [0.1, 0.15) is 38.8 Å². The number of para-hydroxylation sites is 1. The predicted molar refractivity (Wildman–Crippen MR) is 150 cm³/mol. The van der Waals surface area contributed by atoms with Crippen LogP contribution in [0.4, 0.5) is 5.69 Å². The van der Waals surface area contributed by atoms with Gasteiger partial charge in [-0.15, -0.1) is 0 Å². The van der Waals surface area contributed by atoms with E-state index in [9.17, 15) is 9.59 Å². The van der Waals surface area contributed by atoms with Gasteiger partial charge in [-0.05, 0) is 61.9 Å². The van der Waals surface area contributed by atoms with Crippen LogP contribution in [0.15, 0.2) is 108 Å². The molecule has 0 aliphatic carbocycles. The summed E-state index contributed by atoms with van der Waals surface area (Å²) in [6.45, 7) is 3.84. The smallest absolute Gasteiger partial charge is 0.272 e. The number of benzene rings is 3.